The molecule has 0 saturated heterocycles. The molecule has 8 heteroatoms. The van der Waals surface area contributed by atoms with Crippen LogP contribution in [0.1, 0.15) is 13.8 Å². The average molecular weight is 310 g/mol. The molecule has 0 saturated carbocycles. The molecule has 0 spiro atoms. The Labute approximate surface area is 117 Å². The molecule has 0 amide bonds. The number of halogens is 1. The quantitative estimate of drug-likeness (QED) is 0.836. The molecule has 1 aromatic heterocycles. The van der Waals surface area contributed by atoms with Crippen molar-refractivity contribution in [1.82, 2.24) is 9.71 Å². The molecule has 1 atom stereocenters. The highest BCUT2D eigenvalue weighted by atomic mass is 35.5. The number of hydrogen-bond acceptors (Lipinski definition) is 5. The Hall–Kier alpha value is -0.500. The van der Waals surface area contributed by atoms with Crippen molar-refractivity contribution in [2.24, 2.45) is 0 Å². The van der Waals surface area contributed by atoms with E-state index in [0.717, 1.165) is 5.75 Å². The Bertz CT molecular complexity index is 508. The van der Waals surface area contributed by atoms with Crippen LogP contribution in [0.25, 0.3) is 0 Å². The van der Waals surface area contributed by atoms with E-state index in [4.69, 9.17) is 17.3 Å². The van der Waals surface area contributed by atoms with Crippen LogP contribution in [0.3, 0.4) is 0 Å². The normalized spacial score (nSPS) is 13.5. The predicted molar refractivity (Wildman–Crippen MR) is 76.4 cm³/mol. The molecule has 1 aromatic rings. The fraction of sp³-hybridized carbons (Fsp3) is 0.500. The second kappa shape index (κ2) is 6.60. The predicted octanol–water partition coefficient (Wildman–Crippen LogP) is 1.74. The van der Waals surface area contributed by atoms with Gasteiger partial charge in [0.1, 0.15) is 10.7 Å². The molecule has 3 N–H and O–H groups in total. The van der Waals surface area contributed by atoms with Crippen LogP contribution in [0.15, 0.2) is 17.2 Å². The lowest BCUT2D eigenvalue weighted by Gasteiger charge is -2.13. The molecule has 5 nitrogen and oxygen atoms in total. The van der Waals surface area contributed by atoms with Crippen LogP contribution in [0.2, 0.25) is 5.02 Å². The topological polar surface area (TPSA) is 85.1 Å². The standard InChI is InChI=1S/C10H16ClN3O2S2/c1-3-17-6-7(2)14-18(15,16)8-4-9(11)10(12)13-5-8/h4-5,7,14H,3,6H2,1-2H3,(H2,12,13). The zero-order valence-electron chi connectivity index (χ0n) is 10.2. The number of aromatic nitrogens is 1. The molecule has 1 unspecified atom stereocenters. The van der Waals surface area contributed by atoms with E-state index in [1.807, 2.05) is 13.8 Å². The number of nitrogens with one attached hydrogen (secondary N) is 1. The minimum Gasteiger partial charge on any atom is -0.382 e. The Morgan fingerprint density at radius 3 is 2.83 bits per heavy atom. The summed E-state index contributed by atoms with van der Waals surface area (Å²) in [5.41, 5.74) is 5.44. The molecule has 0 aromatic carbocycles. The Morgan fingerprint density at radius 1 is 1.61 bits per heavy atom. The molecule has 0 aliphatic heterocycles. The first-order valence-corrected chi connectivity index (χ1v) is 8.39. The van der Waals surface area contributed by atoms with Gasteiger partial charge >= 0.3 is 0 Å². The van der Waals surface area contributed by atoms with E-state index in [2.05, 4.69) is 9.71 Å². The van der Waals surface area contributed by atoms with Gasteiger partial charge in [0.15, 0.2) is 0 Å². The van der Waals surface area contributed by atoms with E-state index in [1.54, 1.807) is 11.8 Å². The molecule has 1 heterocycles. The summed E-state index contributed by atoms with van der Waals surface area (Å²) in [6.45, 7) is 3.84. The maximum absolute atomic E-state index is 12.0. The summed E-state index contributed by atoms with van der Waals surface area (Å²) >= 11 is 7.43. The number of nitrogens with zero attached hydrogens (tertiary/aromatic N) is 1. The van der Waals surface area contributed by atoms with Crippen molar-refractivity contribution in [3.63, 3.8) is 0 Å². The van der Waals surface area contributed by atoms with Gasteiger partial charge in [0, 0.05) is 18.0 Å². The molecule has 0 bridgehead atoms. The summed E-state index contributed by atoms with van der Waals surface area (Å²) in [6, 6.07) is 1.14. The summed E-state index contributed by atoms with van der Waals surface area (Å²) in [5.74, 6) is 1.78. The number of hydrogen-bond donors (Lipinski definition) is 2. The number of anilines is 1. The molecule has 18 heavy (non-hydrogen) atoms. The number of rotatable bonds is 6. The van der Waals surface area contributed by atoms with Crippen LogP contribution in [-0.2, 0) is 10.0 Å². The average Bonchev–Trinajstić information content (AvgIpc) is 2.29. The third-order valence-electron chi connectivity index (χ3n) is 2.08. The van der Waals surface area contributed by atoms with Gasteiger partial charge in [0.05, 0.1) is 5.02 Å². The van der Waals surface area contributed by atoms with Crippen LogP contribution in [0, 0.1) is 0 Å². The highest BCUT2D eigenvalue weighted by molar-refractivity contribution is 7.99. The molecular formula is C10H16ClN3O2S2. The van der Waals surface area contributed by atoms with Crippen molar-refractivity contribution < 1.29 is 8.42 Å². The van der Waals surface area contributed by atoms with E-state index in [-0.39, 0.29) is 21.8 Å². The lowest BCUT2D eigenvalue weighted by molar-refractivity contribution is 0.570. The molecule has 102 valence electrons. The minimum absolute atomic E-state index is 0.0232. The van der Waals surface area contributed by atoms with Gasteiger partial charge in [-0.2, -0.15) is 11.8 Å². The number of sulfonamides is 1. The Morgan fingerprint density at radius 2 is 2.28 bits per heavy atom. The van der Waals surface area contributed by atoms with Crippen LogP contribution in [0.4, 0.5) is 5.82 Å². The second-order valence-electron chi connectivity index (χ2n) is 3.72. The van der Waals surface area contributed by atoms with Crippen molar-refractivity contribution in [2.45, 2.75) is 24.8 Å². The maximum atomic E-state index is 12.0. The van der Waals surface area contributed by atoms with Gasteiger partial charge in [-0.15, -0.1) is 0 Å². The summed E-state index contributed by atoms with van der Waals surface area (Å²) in [7, 11) is -3.60. The zero-order valence-corrected chi connectivity index (χ0v) is 12.6. The van der Waals surface area contributed by atoms with Crippen LogP contribution in [0.5, 0.6) is 0 Å². The van der Waals surface area contributed by atoms with Gasteiger partial charge in [-0.25, -0.2) is 18.1 Å². The molecule has 0 fully saturated rings. The number of nitrogens with two attached hydrogens (primary N) is 1. The van der Waals surface area contributed by atoms with E-state index >= 15 is 0 Å². The van der Waals surface area contributed by atoms with Gasteiger partial charge < -0.3 is 5.73 Å². The zero-order chi connectivity index (χ0) is 13.8. The third-order valence-corrected chi connectivity index (χ3v) is 5.09. The molecule has 0 aliphatic carbocycles. The second-order valence-corrected chi connectivity index (χ2v) is 7.16. The fourth-order valence-corrected chi connectivity index (χ4v) is 3.46. The molecule has 0 aliphatic rings. The first-order chi connectivity index (χ1) is 8.36. The summed E-state index contributed by atoms with van der Waals surface area (Å²) < 4.78 is 26.6. The SMILES string of the molecule is CCSCC(C)NS(=O)(=O)c1cnc(N)c(Cl)c1. The summed E-state index contributed by atoms with van der Waals surface area (Å²) in [5, 5.41) is 0.133. The van der Waals surface area contributed by atoms with Gasteiger partial charge in [0.2, 0.25) is 10.0 Å². The summed E-state index contributed by atoms with van der Waals surface area (Å²) in [6.07, 6.45) is 1.20. The first kappa shape index (κ1) is 15.6. The van der Waals surface area contributed by atoms with Gasteiger partial charge in [-0.3, -0.25) is 0 Å². The monoisotopic (exact) mass is 309 g/mol. The van der Waals surface area contributed by atoms with Crippen LogP contribution in [-0.4, -0.2) is 30.9 Å². The van der Waals surface area contributed by atoms with Crippen molar-refractivity contribution in [3.05, 3.63) is 17.3 Å². The maximum Gasteiger partial charge on any atom is 0.242 e. The molecule has 1 rings (SSSR count). The van der Waals surface area contributed by atoms with E-state index in [0.29, 0.717) is 5.75 Å². The van der Waals surface area contributed by atoms with Crippen molar-refractivity contribution in [1.29, 1.82) is 0 Å². The molecule has 0 radical (unpaired) electrons. The van der Waals surface area contributed by atoms with Gasteiger partial charge in [0.25, 0.3) is 0 Å². The van der Waals surface area contributed by atoms with Crippen molar-refractivity contribution >= 4 is 39.2 Å². The van der Waals surface area contributed by atoms with Crippen molar-refractivity contribution in [3.8, 4) is 0 Å². The first-order valence-electron chi connectivity index (χ1n) is 5.38. The van der Waals surface area contributed by atoms with E-state index in [1.165, 1.54) is 12.3 Å². The van der Waals surface area contributed by atoms with Crippen LogP contribution >= 0.6 is 23.4 Å². The Balaban J connectivity index is 2.83. The largest absolute Gasteiger partial charge is 0.382 e. The number of nitrogen functional groups attached to an aromatic ring is 1. The number of pyridine rings is 1. The molecular weight excluding hydrogens is 294 g/mol. The van der Waals surface area contributed by atoms with Crippen molar-refractivity contribution in [2.75, 3.05) is 17.2 Å². The Kier molecular flexibility index (Phi) is 5.71. The van der Waals surface area contributed by atoms with E-state index < -0.39 is 10.0 Å². The third kappa shape index (κ3) is 4.31. The smallest absolute Gasteiger partial charge is 0.242 e. The van der Waals surface area contributed by atoms with Crippen LogP contribution < -0.4 is 10.5 Å². The van der Waals surface area contributed by atoms with Gasteiger partial charge in [-0.1, -0.05) is 18.5 Å². The summed E-state index contributed by atoms with van der Waals surface area (Å²) in [4.78, 5) is 3.76. The van der Waals surface area contributed by atoms with Gasteiger partial charge in [-0.05, 0) is 18.7 Å². The fourth-order valence-electron chi connectivity index (χ4n) is 1.24. The highest BCUT2D eigenvalue weighted by Crippen LogP contribution is 2.20. The lowest BCUT2D eigenvalue weighted by Crippen LogP contribution is -2.34. The lowest BCUT2D eigenvalue weighted by atomic mass is 10.4. The number of thioether (sulfide) groups is 1. The minimum atomic E-state index is -3.60. The highest BCUT2D eigenvalue weighted by Gasteiger charge is 2.18. The van der Waals surface area contributed by atoms with E-state index in [9.17, 15) is 8.42 Å².